The van der Waals surface area contributed by atoms with Crippen molar-refractivity contribution in [3.8, 4) is 0 Å². The van der Waals surface area contributed by atoms with Crippen LogP contribution in [0.1, 0.15) is 39.2 Å². The molecule has 0 radical (unpaired) electrons. The molecule has 4 heteroatoms. The molecule has 1 unspecified atom stereocenters. The number of rotatable bonds is 4. The maximum Gasteiger partial charge on any atom is 0.143 e. The van der Waals surface area contributed by atoms with Crippen molar-refractivity contribution in [1.29, 1.82) is 0 Å². The summed E-state index contributed by atoms with van der Waals surface area (Å²) in [7, 11) is 0. The van der Waals surface area contributed by atoms with Gasteiger partial charge in [-0.05, 0) is 52.7 Å². The number of alkyl halides is 1. The lowest BCUT2D eigenvalue weighted by atomic mass is 9.88. The summed E-state index contributed by atoms with van der Waals surface area (Å²) in [5, 5.41) is 0.00998. The summed E-state index contributed by atoms with van der Waals surface area (Å²) in [5.74, 6) is -0.991. The van der Waals surface area contributed by atoms with Crippen LogP contribution in [0, 0.1) is 17.0 Å². The van der Waals surface area contributed by atoms with Gasteiger partial charge in [-0.25, -0.2) is 8.78 Å². The van der Waals surface area contributed by atoms with Gasteiger partial charge in [0.2, 0.25) is 0 Å². The van der Waals surface area contributed by atoms with Gasteiger partial charge in [0.1, 0.15) is 11.6 Å². The molecule has 1 aromatic carbocycles. The second-order valence-corrected chi connectivity index (χ2v) is 6.93. The Bertz CT molecular complexity index is 413. The van der Waals surface area contributed by atoms with Crippen LogP contribution in [-0.2, 0) is 6.42 Å². The fraction of sp³-hybridized carbons (Fsp3) is 0.571. The quantitative estimate of drug-likeness (QED) is 0.487. The molecule has 0 spiro atoms. The van der Waals surface area contributed by atoms with E-state index in [1.807, 2.05) is 0 Å². The molecule has 0 aliphatic carbocycles. The third kappa shape index (κ3) is 4.20. The summed E-state index contributed by atoms with van der Waals surface area (Å²) in [5.41, 5.74) is 0.151. The van der Waals surface area contributed by atoms with Crippen LogP contribution in [0.4, 0.5) is 8.78 Å². The lowest BCUT2D eigenvalue weighted by molar-refractivity contribution is 0.367. The normalized spacial score (nSPS) is 13.7. The molecule has 0 nitrogen and oxygen atoms in total. The summed E-state index contributed by atoms with van der Waals surface area (Å²) in [4.78, 5) is 0. The molecular formula is C14H18BrClF2. The van der Waals surface area contributed by atoms with Crippen LogP contribution in [0.5, 0.6) is 0 Å². The monoisotopic (exact) mass is 338 g/mol. The van der Waals surface area contributed by atoms with Gasteiger partial charge in [-0.2, -0.15) is 0 Å². The van der Waals surface area contributed by atoms with Crippen LogP contribution in [-0.4, -0.2) is 5.38 Å². The summed E-state index contributed by atoms with van der Waals surface area (Å²) in [6.45, 7) is 6.18. The molecule has 1 rings (SSSR count). The molecular weight excluding hydrogens is 322 g/mol. The predicted octanol–water partition coefficient (Wildman–Crippen LogP) is 5.70. The van der Waals surface area contributed by atoms with Crippen molar-refractivity contribution in [3.63, 3.8) is 0 Å². The average Bonchev–Trinajstić information content (AvgIpc) is 2.27. The Morgan fingerprint density at radius 1 is 1.28 bits per heavy atom. The van der Waals surface area contributed by atoms with Crippen LogP contribution in [0.2, 0.25) is 0 Å². The second kappa shape index (κ2) is 6.33. The Morgan fingerprint density at radius 3 is 2.44 bits per heavy atom. The second-order valence-electron chi connectivity index (χ2n) is 5.55. The fourth-order valence-corrected chi connectivity index (χ4v) is 2.22. The molecule has 0 heterocycles. The molecule has 18 heavy (non-hydrogen) atoms. The van der Waals surface area contributed by atoms with E-state index in [1.165, 1.54) is 12.1 Å². The minimum absolute atomic E-state index is 0.00984. The molecule has 1 atom stereocenters. The fourth-order valence-electron chi connectivity index (χ4n) is 1.69. The molecule has 0 saturated carbocycles. The van der Waals surface area contributed by atoms with Crippen molar-refractivity contribution in [2.24, 2.45) is 5.41 Å². The zero-order chi connectivity index (χ0) is 13.9. The third-order valence-electron chi connectivity index (χ3n) is 2.96. The van der Waals surface area contributed by atoms with Gasteiger partial charge >= 0.3 is 0 Å². The molecule has 0 bridgehead atoms. The number of benzene rings is 1. The summed E-state index contributed by atoms with van der Waals surface area (Å²) < 4.78 is 27.5. The van der Waals surface area contributed by atoms with Crippen molar-refractivity contribution in [3.05, 3.63) is 33.8 Å². The molecule has 0 aromatic heterocycles. The van der Waals surface area contributed by atoms with E-state index in [9.17, 15) is 8.78 Å². The van der Waals surface area contributed by atoms with Gasteiger partial charge in [0.25, 0.3) is 0 Å². The van der Waals surface area contributed by atoms with Crippen molar-refractivity contribution < 1.29 is 8.78 Å². The van der Waals surface area contributed by atoms with Gasteiger partial charge in [-0.1, -0.05) is 20.8 Å². The molecule has 0 saturated heterocycles. The summed E-state index contributed by atoms with van der Waals surface area (Å²) >= 11 is 9.30. The topological polar surface area (TPSA) is 0 Å². The first kappa shape index (κ1) is 15.9. The highest BCUT2D eigenvalue weighted by molar-refractivity contribution is 9.10. The first-order valence-corrected chi connectivity index (χ1v) is 7.23. The van der Waals surface area contributed by atoms with E-state index >= 15 is 0 Å². The number of hydrogen-bond acceptors (Lipinski definition) is 0. The molecule has 0 aliphatic heterocycles. The minimum Gasteiger partial charge on any atom is -0.207 e. The van der Waals surface area contributed by atoms with Crippen LogP contribution >= 0.6 is 27.5 Å². The summed E-state index contributed by atoms with van der Waals surface area (Å²) in [6, 6.07) is 2.66. The van der Waals surface area contributed by atoms with Crippen LogP contribution < -0.4 is 0 Å². The first-order chi connectivity index (χ1) is 8.23. The minimum atomic E-state index is -0.503. The van der Waals surface area contributed by atoms with E-state index in [2.05, 4.69) is 36.7 Å². The standard InChI is InChI=1S/C14H18BrClF2/c1-14(2,3)12(16)6-4-5-9-11(17)8-7-10(15)13(9)18/h7-8,12H,4-6H2,1-3H3. The van der Waals surface area contributed by atoms with E-state index < -0.39 is 11.6 Å². The van der Waals surface area contributed by atoms with E-state index in [-0.39, 0.29) is 16.4 Å². The number of halogens is 4. The highest BCUT2D eigenvalue weighted by Gasteiger charge is 2.22. The van der Waals surface area contributed by atoms with Gasteiger partial charge in [0, 0.05) is 10.9 Å². The van der Waals surface area contributed by atoms with Gasteiger partial charge in [-0.3, -0.25) is 0 Å². The van der Waals surface area contributed by atoms with E-state index in [4.69, 9.17) is 11.6 Å². The predicted molar refractivity (Wildman–Crippen MR) is 76.1 cm³/mol. The highest BCUT2D eigenvalue weighted by Crippen LogP contribution is 2.29. The van der Waals surface area contributed by atoms with E-state index in [0.29, 0.717) is 17.3 Å². The Kier molecular flexibility index (Phi) is 5.60. The molecule has 0 N–H and O–H groups in total. The molecule has 1 aromatic rings. The SMILES string of the molecule is CC(C)(C)C(Cl)CCCc1c(F)ccc(Br)c1F. The van der Waals surface area contributed by atoms with Crippen molar-refractivity contribution in [2.45, 2.75) is 45.4 Å². The number of hydrogen-bond donors (Lipinski definition) is 0. The van der Waals surface area contributed by atoms with Crippen LogP contribution in [0.25, 0.3) is 0 Å². The van der Waals surface area contributed by atoms with Crippen molar-refractivity contribution >= 4 is 27.5 Å². The van der Waals surface area contributed by atoms with Gasteiger partial charge < -0.3 is 0 Å². The maximum absolute atomic E-state index is 13.7. The largest absolute Gasteiger partial charge is 0.207 e. The Hall–Kier alpha value is -0.150. The van der Waals surface area contributed by atoms with Crippen LogP contribution in [0.15, 0.2) is 16.6 Å². The van der Waals surface area contributed by atoms with E-state index in [1.54, 1.807) is 0 Å². The van der Waals surface area contributed by atoms with Gasteiger partial charge in [0.05, 0.1) is 4.47 Å². The Labute approximate surface area is 121 Å². The van der Waals surface area contributed by atoms with Crippen molar-refractivity contribution in [2.75, 3.05) is 0 Å². The zero-order valence-electron chi connectivity index (χ0n) is 10.9. The lowest BCUT2D eigenvalue weighted by Crippen LogP contribution is -2.20. The lowest BCUT2D eigenvalue weighted by Gasteiger charge is -2.25. The van der Waals surface area contributed by atoms with Crippen LogP contribution in [0.3, 0.4) is 0 Å². The molecule has 0 aliphatic rings. The first-order valence-electron chi connectivity index (χ1n) is 6.00. The maximum atomic E-state index is 13.7. The highest BCUT2D eigenvalue weighted by atomic mass is 79.9. The smallest absolute Gasteiger partial charge is 0.143 e. The Balaban J connectivity index is 2.63. The van der Waals surface area contributed by atoms with Gasteiger partial charge in [-0.15, -0.1) is 11.6 Å². The van der Waals surface area contributed by atoms with Gasteiger partial charge in [0.15, 0.2) is 0 Å². The summed E-state index contributed by atoms with van der Waals surface area (Å²) in [6.07, 6.45) is 1.79. The van der Waals surface area contributed by atoms with E-state index in [0.717, 1.165) is 6.42 Å². The third-order valence-corrected chi connectivity index (χ3v) is 4.45. The zero-order valence-corrected chi connectivity index (χ0v) is 13.2. The molecule has 102 valence electrons. The van der Waals surface area contributed by atoms with Crippen molar-refractivity contribution in [1.82, 2.24) is 0 Å². The average molecular weight is 340 g/mol. The molecule has 0 amide bonds. The molecule has 0 fully saturated rings. The Morgan fingerprint density at radius 2 is 1.89 bits per heavy atom.